The Labute approximate surface area is 180 Å². The molecule has 31 heavy (non-hydrogen) atoms. The molecule has 2 N–H and O–H groups in total. The van der Waals surface area contributed by atoms with Crippen LogP contribution in [0.4, 0.5) is 31.0 Å². The summed E-state index contributed by atoms with van der Waals surface area (Å²) in [5.74, 6) is -1.34. The molecule has 2 heterocycles. The lowest BCUT2D eigenvalue weighted by Gasteiger charge is -2.31. The molecular weight excluding hydrogens is 402 g/mol. The fourth-order valence-electron chi connectivity index (χ4n) is 3.30. The second-order valence-electron chi connectivity index (χ2n) is 7.61. The van der Waals surface area contributed by atoms with Gasteiger partial charge in [-0.2, -0.15) is 4.98 Å². The Morgan fingerprint density at radius 1 is 1.29 bits per heavy atom. The second kappa shape index (κ2) is 9.22. The van der Waals surface area contributed by atoms with E-state index in [1.165, 1.54) is 6.07 Å². The maximum Gasteiger partial charge on any atom is 0.328 e. The summed E-state index contributed by atoms with van der Waals surface area (Å²) in [6, 6.07) is 2.78. The van der Waals surface area contributed by atoms with E-state index in [-0.39, 0.29) is 18.3 Å². The van der Waals surface area contributed by atoms with Gasteiger partial charge in [0.25, 0.3) is 0 Å². The normalized spacial score (nSPS) is 13.0. The zero-order valence-electron chi connectivity index (χ0n) is 18.1. The number of rotatable bonds is 7. The molecule has 1 aliphatic heterocycles. The minimum absolute atomic E-state index is 0.124. The third-order valence-electron chi connectivity index (χ3n) is 4.82. The highest BCUT2D eigenvalue weighted by Crippen LogP contribution is 2.37. The molecule has 1 aliphatic rings. The lowest BCUT2D eigenvalue weighted by Crippen LogP contribution is -2.43. The molecule has 0 radical (unpaired) electrons. The second-order valence-corrected chi connectivity index (χ2v) is 7.61. The summed E-state index contributed by atoms with van der Waals surface area (Å²) in [5, 5.41) is 5.80. The van der Waals surface area contributed by atoms with Crippen LogP contribution in [0.25, 0.3) is 5.57 Å². The summed E-state index contributed by atoms with van der Waals surface area (Å²) in [4.78, 5) is 24.8. The summed E-state index contributed by atoms with van der Waals surface area (Å²) in [6.07, 6.45) is 1.67. The first-order chi connectivity index (χ1) is 14.7. The minimum atomic E-state index is -0.864. The molecule has 0 spiro atoms. The van der Waals surface area contributed by atoms with Gasteiger partial charge in [-0.15, -0.1) is 0 Å². The van der Waals surface area contributed by atoms with E-state index in [2.05, 4.69) is 27.2 Å². The molecule has 3 rings (SSSR count). The third kappa shape index (κ3) is 4.56. The zero-order valence-corrected chi connectivity index (χ0v) is 18.1. The number of allylic oxidation sites excluding steroid dienone is 3. The van der Waals surface area contributed by atoms with E-state index in [0.717, 1.165) is 34.7 Å². The van der Waals surface area contributed by atoms with Gasteiger partial charge in [0.05, 0.1) is 12.2 Å². The van der Waals surface area contributed by atoms with Gasteiger partial charge >= 0.3 is 6.03 Å². The number of urea groups is 1. The van der Waals surface area contributed by atoms with Crippen molar-refractivity contribution in [1.82, 2.24) is 20.2 Å². The molecule has 0 unspecified atom stereocenters. The Hall–Kier alpha value is -3.33. The predicted molar refractivity (Wildman–Crippen MR) is 118 cm³/mol. The average Bonchev–Trinajstić information content (AvgIpc) is 2.69. The molecule has 0 bridgehead atoms. The van der Waals surface area contributed by atoms with Gasteiger partial charge in [-0.05, 0) is 45.6 Å². The average molecular weight is 428 g/mol. The van der Waals surface area contributed by atoms with Crippen LogP contribution in [0.15, 0.2) is 36.4 Å². The van der Waals surface area contributed by atoms with Gasteiger partial charge in [-0.3, -0.25) is 0 Å². The van der Waals surface area contributed by atoms with Crippen molar-refractivity contribution in [2.24, 2.45) is 0 Å². The van der Waals surface area contributed by atoms with Gasteiger partial charge in [-0.1, -0.05) is 24.3 Å². The molecule has 7 nitrogen and oxygen atoms in total. The molecule has 0 aliphatic carbocycles. The highest BCUT2D eigenvalue weighted by Gasteiger charge is 2.34. The Morgan fingerprint density at radius 3 is 2.55 bits per heavy atom. The lowest BCUT2D eigenvalue weighted by molar-refractivity contribution is 0.246. The summed E-state index contributed by atoms with van der Waals surface area (Å²) >= 11 is 0. The first kappa shape index (κ1) is 22.4. The predicted octanol–water partition coefficient (Wildman–Crippen LogP) is 4.07. The summed E-state index contributed by atoms with van der Waals surface area (Å²) in [6.45, 7) is 9.10. The topological polar surface area (TPSA) is 73.4 Å². The molecule has 0 saturated carbocycles. The number of carbonyl (C=O) groups excluding carboxylic acids is 1. The van der Waals surface area contributed by atoms with E-state index >= 15 is 0 Å². The number of nitrogens with zero attached hydrogens (tertiary/aromatic N) is 4. The first-order valence-electron chi connectivity index (χ1n) is 9.86. The van der Waals surface area contributed by atoms with Crippen LogP contribution in [0.3, 0.4) is 0 Å². The number of benzene rings is 1. The largest absolute Gasteiger partial charge is 0.353 e. The van der Waals surface area contributed by atoms with Crippen molar-refractivity contribution < 1.29 is 13.6 Å². The monoisotopic (exact) mass is 428 g/mol. The number of halogens is 2. The Morgan fingerprint density at radius 2 is 1.97 bits per heavy atom. The van der Waals surface area contributed by atoms with Crippen molar-refractivity contribution in [2.45, 2.75) is 20.4 Å². The van der Waals surface area contributed by atoms with Crippen LogP contribution in [0.5, 0.6) is 0 Å². The molecule has 0 saturated heterocycles. The number of aromatic nitrogens is 2. The van der Waals surface area contributed by atoms with Crippen molar-refractivity contribution >= 4 is 29.1 Å². The number of nitrogens with one attached hydrogen (secondary N) is 2. The fraction of sp³-hybridized carbons (Fsp3) is 0.318. The maximum absolute atomic E-state index is 14.6. The van der Waals surface area contributed by atoms with Gasteiger partial charge in [0.2, 0.25) is 5.95 Å². The number of hydrogen-bond acceptors (Lipinski definition) is 5. The molecule has 9 heteroatoms. The number of hydrogen-bond donors (Lipinski definition) is 2. The number of carbonyl (C=O) groups is 1. The molecule has 1 aromatic heterocycles. The van der Waals surface area contributed by atoms with E-state index in [1.54, 1.807) is 6.08 Å². The first-order valence-corrected chi connectivity index (χ1v) is 9.86. The Balaban J connectivity index is 2.23. The van der Waals surface area contributed by atoms with Gasteiger partial charge in [0.15, 0.2) is 5.82 Å². The zero-order chi connectivity index (χ0) is 22.7. The molecule has 0 atom stereocenters. The highest BCUT2D eigenvalue weighted by atomic mass is 19.1. The number of fused-ring (bicyclic) bond motifs is 1. The van der Waals surface area contributed by atoms with E-state index in [9.17, 15) is 13.6 Å². The van der Waals surface area contributed by atoms with Crippen LogP contribution in [-0.4, -0.2) is 48.1 Å². The third-order valence-corrected chi connectivity index (χ3v) is 4.82. The smallest absolute Gasteiger partial charge is 0.328 e. The van der Waals surface area contributed by atoms with E-state index in [1.807, 2.05) is 32.8 Å². The highest BCUT2D eigenvalue weighted by molar-refractivity contribution is 6.02. The van der Waals surface area contributed by atoms with Gasteiger partial charge in [0.1, 0.15) is 17.3 Å². The van der Waals surface area contributed by atoms with Crippen LogP contribution in [0.1, 0.15) is 25.1 Å². The van der Waals surface area contributed by atoms with Crippen molar-refractivity contribution in [3.8, 4) is 0 Å². The number of likely N-dealkylation sites (N-methyl/N-ethyl adjacent to an activating group) is 1. The number of amides is 2. The molecule has 164 valence electrons. The molecular formula is C22H26F2N6O. The van der Waals surface area contributed by atoms with Gasteiger partial charge in [-0.25, -0.2) is 23.5 Å². The van der Waals surface area contributed by atoms with Gasteiger partial charge < -0.3 is 15.5 Å². The fourth-order valence-corrected chi connectivity index (χ4v) is 3.30. The van der Waals surface area contributed by atoms with Gasteiger partial charge in [0, 0.05) is 18.7 Å². The number of para-hydroxylation sites is 1. The van der Waals surface area contributed by atoms with Crippen molar-refractivity contribution in [1.29, 1.82) is 0 Å². The molecule has 2 amide bonds. The maximum atomic E-state index is 14.6. The van der Waals surface area contributed by atoms with Crippen LogP contribution in [0.2, 0.25) is 0 Å². The minimum Gasteiger partial charge on any atom is -0.353 e. The lowest BCUT2D eigenvalue weighted by atomic mass is 10.0. The summed E-state index contributed by atoms with van der Waals surface area (Å²) in [5.41, 5.74) is 2.34. The van der Waals surface area contributed by atoms with Crippen molar-refractivity contribution in [2.75, 3.05) is 37.4 Å². The summed E-state index contributed by atoms with van der Waals surface area (Å²) in [7, 11) is 3.87. The Kier molecular flexibility index (Phi) is 6.65. The quantitative estimate of drug-likeness (QED) is 0.651. The van der Waals surface area contributed by atoms with E-state index < -0.39 is 23.4 Å². The van der Waals surface area contributed by atoms with E-state index in [0.29, 0.717) is 17.8 Å². The SMILES string of the molecule is C=CC(=C(C)C)c1nc(NCCN(C)C)nc2c1CNC(=O)N2c1c(F)cccc1F. The van der Waals surface area contributed by atoms with Crippen LogP contribution in [-0.2, 0) is 6.54 Å². The van der Waals surface area contributed by atoms with Crippen molar-refractivity contribution in [3.63, 3.8) is 0 Å². The molecule has 2 aromatic rings. The van der Waals surface area contributed by atoms with Crippen LogP contribution < -0.4 is 15.5 Å². The van der Waals surface area contributed by atoms with E-state index in [4.69, 9.17) is 0 Å². The van der Waals surface area contributed by atoms with Crippen LogP contribution in [0, 0.1) is 11.6 Å². The standard InChI is InChI=1S/C22H26F2N6O/c1-6-14(13(2)3)18-15-12-26-22(31)30(19-16(23)8-7-9-17(19)24)20(15)28-21(27-18)25-10-11-29(4)5/h6-9H,1,10-12H2,2-5H3,(H,26,31)(H,25,27,28). The van der Waals surface area contributed by atoms with Crippen molar-refractivity contribution in [3.05, 3.63) is 59.3 Å². The van der Waals surface area contributed by atoms with Crippen LogP contribution >= 0.6 is 0 Å². The summed E-state index contributed by atoms with van der Waals surface area (Å²) < 4.78 is 29.2. The molecule has 1 aromatic carbocycles. The Bertz CT molecular complexity index is 1030. The molecule has 0 fully saturated rings. The number of anilines is 3.